The van der Waals surface area contributed by atoms with Crippen molar-refractivity contribution in [3.8, 4) is 11.3 Å². The molecule has 0 bridgehead atoms. The maximum atomic E-state index is 11.5. The van der Waals surface area contributed by atoms with Gasteiger partial charge in [-0.2, -0.15) is 5.10 Å². The lowest BCUT2D eigenvalue weighted by Gasteiger charge is -2.36. The monoisotopic (exact) mass is 349 g/mol. The van der Waals surface area contributed by atoms with E-state index in [1.165, 1.54) is 0 Å². The molecule has 1 fully saturated rings. The first kappa shape index (κ1) is 16.3. The molecule has 1 aliphatic rings. The second kappa shape index (κ2) is 6.95. The van der Waals surface area contributed by atoms with Crippen molar-refractivity contribution >= 4 is 11.5 Å². The van der Waals surface area contributed by atoms with Gasteiger partial charge in [0, 0.05) is 24.4 Å². The van der Waals surface area contributed by atoms with Crippen LogP contribution in [0.25, 0.3) is 11.3 Å². The molecular formula is C19H19N5O2. The molecule has 4 rings (SSSR count). The summed E-state index contributed by atoms with van der Waals surface area (Å²) in [6.45, 7) is 0.864. The van der Waals surface area contributed by atoms with Crippen LogP contribution in [0.2, 0.25) is 0 Å². The van der Waals surface area contributed by atoms with E-state index >= 15 is 0 Å². The Morgan fingerprint density at radius 2 is 1.96 bits per heavy atom. The Hall–Kier alpha value is -3.22. The van der Waals surface area contributed by atoms with E-state index in [0.29, 0.717) is 5.69 Å². The molecule has 1 aromatic carbocycles. The van der Waals surface area contributed by atoms with Crippen LogP contribution in [-0.2, 0) is 0 Å². The van der Waals surface area contributed by atoms with Crippen LogP contribution < -0.4 is 4.90 Å². The van der Waals surface area contributed by atoms with Crippen molar-refractivity contribution in [3.63, 3.8) is 0 Å². The summed E-state index contributed by atoms with van der Waals surface area (Å²) in [6, 6.07) is 14.8. The summed E-state index contributed by atoms with van der Waals surface area (Å²) in [5.74, 6) is 0.758. The lowest BCUT2D eigenvalue weighted by atomic mass is 9.99. The van der Waals surface area contributed by atoms with Crippen LogP contribution in [0.5, 0.6) is 0 Å². The lowest BCUT2D eigenvalue weighted by Crippen LogP contribution is -2.34. The SMILES string of the molecule is O=[N+]([O-])c1ccc(N2CCCC[C@@H]2c2ccn[nH]2)nc1-c1ccccc1. The number of H-pyrrole nitrogens is 1. The Bertz CT molecular complexity index is 896. The summed E-state index contributed by atoms with van der Waals surface area (Å²) in [4.78, 5) is 18.0. The summed E-state index contributed by atoms with van der Waals surface area (Å²) < 4.78 is 0. The number of nitrogens with zero attached hydrogens (tertiary/aromatic N) is 4. The molecule has 0 aliphatic carbocycles. The van der Waals surface area contributed by atoms with Crippen molar-refractivity contribution in [3.05, 3.63) is 70.5 Å². The van der Waals surface area contributed by atoms with Crippen molar-refractivity contribution in [2.45, 2.75) is 25.3 Å². The molecule has 132 valence electrons. The molecule has 0 amide bonds. The van der Waals surface area contributed by atoms with Crippen LogP contribution in [-0.4, -0.2) is 26.6 Å². The highest BCUT2D eigenvalue weighted by Crippen LogP contribution is 2.36. The highest BCUT2D eigenvalue weighted by atomic mass is 16.6. The Labute approximate surface area is 150 Å². The molecule has 0 radical (unpaired) electrons. The van der Waals surface area contributed by atoms with E-state index in [1.54, 1.807) is 18.3 Å². The van der Waals surface area contributed by atoms with Gasteiger partial charge in [-0.1, -0.05) is 30.3 Å². The zero-order valence-electron chi connectivity index (χ0n) is 14.2. The largest absolute Gasteiger partial charge is 0.348 e. The van der Waals surface area contributed by atoms with Gasteiger partial charge in [-0.3, -0.25) is 15.2 Å². The van der Waals surface area contributed by atoms with Gasteiger partial charge in [0.1, 0.15) is 5.82 Å². The summed E-state index contributed by atoms with van der Waals surface area (Å²) >= 11 is 0. The molecule has 0 saturated carbocycles. The average Bonchev–Trinajstić information content (AvgIpc) is 3.23. The van der Waals surface area contributed by atoms with E-state index in [1.807, 2.05) is 36.4 Å². The fraction of sp³-hybridized carbons (Fsp3) is 0.263. The molecule has 0 spiro atoms. The van der Waals surface area contributed by atoms with Crippen LogP contribution in [0.1, 0.15) is 31.0 Å². The Morgan fingerprint density at radius 1 is 1.12 bits per heavy atom. The Morgan fingerprint density at radius 3 is 2.69 bits per heavy atom. The van der Waals surface area contributed by atoms with Crippen LogP contribution in [0.4, 0.5) is 11.5 Å². The van der Waals surface area contributed by atoms with Gasteiger partial charge in [-0.25, -0.2) is 4.98 Å². The molecule has 7 heteroatoms. The molecule has 3 heterocycles. The lowest BCUT2D eigenvalue weighted by molar-refractivity contribution is -0.384. The number of pyridine rings is 1. The predicted molar refractivity (Wildman–Crippen MR) is 98.9 cm³/mol. The number of piperidine rings is 1. The van der Waals surface area contributed by atoms with Gasteiger partial charge in [0.25, 0.3) is 5.69 Å². The van der Waals surface area contributed by atoms with Crippen molar-refractivity contribution < 1.29 is 4.92 Å². The maximum absolute atomic E-state index is 11.5. The topological polar surface area (TPSA) is 88.0 Å². The predicted octanol–water partition coefficient (Wildman–Crippen LogP) is 4.11. The molecule has 1 saturated heterocycles. The number of benzene rings is 1. The number of aromatic nitrogens is 3. The first-order valence-electron chi connectivity index (χ1n) is 8.71. The first-order valence-corrected chi connectivity index (χ1v) is 8.71. The number of nitrogens with one attached hydrogen (secondary N) is 1. The highest BCUT2D eigenvalue weighted by molar-refractivity contribution is 5.71. The minimum atomic E-state index is -0.373. The van der Waals surface area contributed by atoms with Crippen LogP contribution >= 0.6 is 0 Å². The smallest absolute Gasteiger partial charge is 0.295 e. The minimum Gasteiger partial charge on any atom is -0.348 e. The third-order valence-electron chi connectivity index (χ3n) is 4.78. The number of hydrogen-bond acceptors (Lipinski definition) is 5. The standard InChI is InChI=1S/C19H19N5O2/c25-24(26)17-9-10-18(21-19(17)14-6-2-1-3-7-14)23-13-5-4-8-16(23)15-11-12-20-22-15/h1-3,6-7,9-12,16H,4-5,8,13H2,(H,20,22)/t16-/m1/s1. The molecule has 0 unspecified atom stereocenters. The van der Waals surface area contributed by atoms with Crippen LogP contribution in [0.15, 0.2) is 54.7 Å². The Balaban J connectivity index is 1.78. The molecule has 1 atom stereocenters. The summed E-state index contributed by atoms with van der Waals surface area (Å²) in [6.07, 6.45) is 4.96. The number of anilines is 1. The number of hydrogen-bond donors (Lipinski definition) is 1. The van der Waals surface area contributed by atoms with E-state index in [9.17, 15) is 10.1 Å². The number of nitro groups is 1. The number of rotatable bonds is 4. The first-order chi connectivity index (χ1) is 12.7. The summed E-state index contributed by atoms with van der Waals surface area (Å²) in [7, 11) is 0. The van der Waals surface area contributed by atoms with Gasteiger partial charge >= 0.3 is 0 Å². The van der Waals surface area contributed by atoms with Crippen molar-refractivity contribution in [2.24, 2.45) is 0 Å². The van der Waals surface area contributed by atoms with E-state index in [0.717, 1.165) is 42.9 Å². The third kappa shape index (κ3) is 3.03. The van der Waals surface area contributed by atoms with Gasteiger partial charge in [0.15, 0.2) is 5.69 Å². The van der Waals surface area contributed by atoms with E-state index in [4.69, 9.17) is 4.98 Å². The van der Waals surface area contributed by atoms with Crippen molar-refractivity contribution in [2.75, 3.05) is 11.4 Å². The van der Waals surface area contributed by atoms with Crippen molar-refractivity contribution in [1.82, 2.24) is 15.2 Å². The molecule has 2 aromatic heterocycles. The number of aromatic amines is 1. The fourth-order valence-corrected chi connectivity index (χ4v) is 3.54. The van der Waals surface area contributed by atoms with Gasteiger partial charge in [0.2, 0.25) is 0 Å². The fourth-order valence-electron chi connectivity index (χ4n) is 3.54. The summed E-state index contributed by atoms with van der Waals surface area (Å²) in [5.41, 5.74) is 2.22. The molecule has 1 aliphatic heterocycles. The maximum Gasteiger partial charge on any atom is 0.295 e. The van der Waals surface area contributed by atoms with Gasteiger partial charge in [0.05, 0.1) is 16.7 Å². The molecule has 26 heavy (non-hydrogen) atoms. The van der Waals surface area contributed by atoms with Gasteiger partial charge in [-0.15, -0.1) is 0 Å². The molecule has 1 N–H and O–H groups in total. The normalized spacial score (nSPS) is 17.2. The average molecular weight is 349 g/mol. The van der Waals surface area contributed by atoms with E-state index < -0.39 is 0 Å². The second-order valence-corrected chi connectivity index (χ2v) is 6.38. The minimum absolute atomic E-state index is 0.0232. The molecule has 3 aromatic rings. The van der Waals surface area contributed by atoms with E-state index in [2.05, 4.69) is 15.1 Å². The van der Waals surface area contributed by atoms with Gasteiger partial charge < -0.3 is 4.90 Å². The van der Waals surface area contributed by atoms with Gasteiger partial charge in [-0.05, 0) is 31.4 Å². The highest BCUT2D eigenvalue weighted by Gasteiger charge is 2.28. The summed E-state index contributed by atoms with van der Waals surface area (Å²) in [5, 5.41) is 18.6. The van der Waals surface area contributed by atoms with Crippen molar-refractivity contribution in [1.29, 1.82) is 0 Å². The quantitative estimate of drug-likeness (QED) is 0.565. The third-order valence-corrected chi connectivity index (χ3v) is 4.78. The van der Waals surface area contributed by atoms with E-state index in [-0.39, 0.29) is 16.7 Å². The molecular weight excluding hydrogens is 330 g/mol. The van der Waals surface area contributed by atoms with Crippen LogP contribution in [0.3, 0.4) is 0 Å². The molecule has 7 nitrogen and oxygen atoms in total. The second-order valence-electron chi connectivity index (χ2n) is 6.38. The zero-order valence-corrected chi connectivity index (χ0v) is 14.2. The Kier molecular flexibility index (Phi) is 4.35. The zero-order chi connectivity index (χ0) is 17.9. The van der Waals surface area contributed by atoms with Crippen LogP contribution in [0, 0.1) is 10.1 Å².